The Balaban J connectivity index is 1.37. The molecule has 4 aromatic rings. The molecule has 2 aliphatic heterocycles. The zero-order valence-electron chi connectivity index (χ0n) is 22.8. The van der Waals surface area contributed by atoms with Gasteiger partial charge in [0.1, 0.15) is 0 Å². The van der Waals surface area contributed by atoms with Gasteiger partial charge < -0.3 is 14.2 Å². The molecule has 38 heavy (non-hydrogen) atoms. The topological polar surface area (TPSA) is 21.7 Å². The second-order valence-electron chi connectivity index (χ2n) is 12.1. The largest absolute Gasteiger partial charge is 0.494 e. The number of hydrogen-bond acceptors (Lipinski definition) is 4. The van der Waals surface area contributed by atoms with Crippen LogP contribution in [-0.2, 0) is 14.7 Å². The Morgan fingerprint density at radius 2 is 1.29 bits per heavy atom. The van der Waals surface area contributed by atoms with E-state index in [0.29, 0.717) is 0 Å². The molecule has 0 saturated carbocycles. The summed E-state index contributed by atoms with van der Waals surface area (Å²) in [4.78, 5) is 4.90. The average molecular weight is 518 g/mol. The molecule has 0 bridgehead atoms. The fourth-order valence-electron chi connectivity index (χ4n) is 6.01. The van der Waals surface area contributed by atoms with Crippen molar-refractivity contribution in [1.29, 1.82) is 0 Å². The molecule has 3 nitrogen and oxygen atoms in total. The predicted molar refractivity (Wildman–Crippen MR) is 159 cm³/mol. The molecular formula is C33H32BNO2S. The molecule has 2 heterocycles. The monoisotopic (exact) mass is 517 g/mol. The maximum atomic E-state index is 6.43. The van der Waals surface area contributed by atoms with Crippen molar-refractivity contribution in [2.45, 2.75) is 68.0 Å². The summed E-state index contributed by atoms with van der Waals surface area (Å²) in [5.74, 6) is 0. The number of rotatable bonds is 2. The van der Waals surface area contributed by atoms with Gasteiger partial charge in [-0.3, -0.25) is 0 Å². The van der Waals surface area contributed by atoms with Crippen molar-refractivity contribution in [2.24, 2.45) is 0 Å². The minimum atomic E-state index is -0.400. The van der Waals surface area contributed by atoms with Crippen LogP contribution in [0.2, 0.25) is 0 Å². The molecule has 0 atom stereocenters. The van der Waals surface area contributed by atoms with E-state index in [4.69, 9.17) is 9.31 Å². The first-order valence-electron chi connectivity index (χ1n) is 13.4. The van der Waals surface area contributed by atoms with Crippen LogP contribution in [0, 0.1) is 0 Å². The third kappa shape index (κ3) is 3.38. The van der Waals surface area contributed by atoms with Gasteiger partial charge in [0.25, 0.3) is 0 Å². The Hall–Kier alpha value is -2.99. The highest BCUT2D eigenvalue weighted by molar-refractivity contribution is 7.99. The molecule has 1 aliphatic carbocycles. The van der Waals surface area contributed by atoms with Crippen molar-refractivity contribution < 1.29 is 9.31 Å². The van der Waals surface area contributed by atoms with Crippen molar-refractivity contribution in [3.63, 3.8) is 0 Å². The maximum Gasteiger partial charge on any atom is 0.494 e. The molecule has 0 aromatic heterocycles. The first kappa shape index (κ1) is 24.1. The van der Waals surface area contributed by atoms with Crippen LogP contribution in [0.4, 0.5) is 17.1 Å². The first-order chi connectivity index (χ1) is 18.1. The zero-order chi connectivity index (χ0) is 26.4. The summed E-state index contributed by atoms with van der Waals surface area (Å²) in [6.45, 7) is 13.1. The van der Waals surface area contributed by atoms with Crippen LogP contribution in [0.3, 0.4) is 0 Å². The molecule has 0 unspecified atom stereocenters. The first-order valence-corrected chi connectivity index (χ1v) is 14.2. The third-order valence-corrected chi connectivity index (χ3v) is 10.0. The van der Waals surface area contributed by atoms with Crippen LogP contribution >= 0.6 is 11.8 Å². The number of nitrogens with zero attached hydrogens (tertiary/aromatic N) is 1. The summed E-state index contributed by atoms with van der Waals surface area (Å²) in [6, 6.07) is 31.1. The van der Waals surface area contributed by atoms with E-state index in [0.717, 1.165) is 11.2 Å². The molecule has 0 amide bonds. The summed E-state index contributed by atoms with van der Waals surface area (Å²) >= 11 is 1.82. The van der Waals surface area contributed by atoms with Gasteiger partial charge in [-0.2, -0.15) is 0 Å². The number of fused-ring (bicyclic) bond motifs is 5. The van der Waals surface area contributed by atoms with Gasteiger partial charge in [0.2, 0.25) is 0 Å². The molecule has 4 aromatic carbocycles. The minimum Gasteiger partial charge on any atom is -0.399 e. The van der Waals surface area contributed by atoms with Crippen molar-refractivity contribution >= 4 is 41.4 Å². The summed E-state index contributed by atoms with van der Waals surface area (Å²) in [7, 11) is -0.400. The van der Waals surface area contributed by atoms with Gasteiger partial charge >= 0.3 is 7.12 Å². The molecule has 190 valence electrons. The summed E-state index contributed by atoms with van der Waals surface area (Å²) in [5.41, 5.74) is 9.20. The van der Waals surface area contributed by atoms with E-state index >= 15 is 0 Å². The molecule has 0 N–H and O–H groups in total. The standard InChI is InChI=1S/C33H32BNO2S/c1-31(2)25-12-8-7-11-23(25)24-17-16-22(20-26(24)31)35-27-13-9-10-14-29(27)38-30-18-15-21(19-28(30)35)34-36-32(3,4)33(5,6)37-34/h7-20H,1-6H3. The molecule has 0 radical (unpaired) electrons. The van der Waals surface area contributed by atoms with Crippen LogP contribution < -0.4 is 10.4 Å². The van der Waals surface area contributed by atoms with Crippen LogP contribution in [-0.4, -0.2) is 18.3 Å². The van der Waals surface area contributed by atoms with E-state index in [9.17, 15) is 0 Å². The predicted octanol–water partition coefficient (Wildman–Crippen LogP) is 8.23. The van der Waals surface area contributed by atoms with E-state index in [-0.39, 0.29) is 16.6 Å². The smallest absolute Gasteiger partial charge is 0.399 e. The highest BCUT2D eigenvalue weighted by Gasteiger charge is 2.52. The molecular weight excluding hydrogens is 485 g/mol. The number of benzene rings is 4. The SMILES string of the molecule is CC1(C)c2ccccc2-c2ccc(N3c4ccccc4Sc4ccc(B5OC(C)(C)C(C)(C)O5)cc43)cc21. The lowest BCUT2D eigenvalue weighted by Gasteiger charge is -2.34. The number of para-hydroxylation sites is 1. The molecule has 7 rings (SSSR count). The van der Waals surface area contributed by atoms with Crippen LogP contribution in [0.25, 0.3) is 11.1 Å². The van der Waals surface area contributed by atoms with Gasteiger partial charge in [-0.25, -0.2) is 0 Å². The lowest BCUT2D eigenvalue weighted by atomic mass is 9.79. The third-order valence-electron chi connectivity index (χ3n) is 8.90. The molecule has 1 fully saturated rings. The van der Waals surface area contributed by atoms with Gasteiger partial charge in [0.05, 0.1) is 22.6 Å². The summed E-state index contributed by atoms with van der Waals surface area (Å²) in [5, 5.41) is 0. The van der Waals surface area contributed by atoms with Gasteiger partial charge in [-0.15, -0.1) is 0 Å². The van der Waals surface area contributed by atoms with E-state index in [1.54, 1.807) is 0 Å². The Morgan fingerprint density at radius 1 is 0.632 bits per heavy atom. The minimum absolute atomic E-state index is 0.0562. The fourth-order valence-corrected chi connectivity index (χ4v) is 7.05. The maximum absolute atomic E-state index is 6.43. The molecule has 1 saturated heterocycles. The Bertz CT molecular complexity index is 1590. The Kier molecular flexibility index (Phi) is 5.08. The van der Waals surface area contributed by atoms with Gasteiger partial charge in [-0.1, -0.05) is 74.1 Å². The quantitative estimate of drug-likeness (QED) is 0.220. The highest BCUT2D eigenvalue weighted by Crippen LogP contribution is 2.54. The molecule has 0 spiro atoms. The highest BCUT2D eigenvalue weighted by atomic mass is 32.2. The van der Waals surface area contributed by atoms with E-state index in [1.807, 2.05) is 11.8 Å². The van der Waals surface area contributed by atoms with E-state index in [1.165, 1.54) is 43.4 Å². The summed E-state index contributed by atoms with van der Waals surface area (Å²) < 4.78 is 12.9. The van der Waals surface area contributed by atoms with Crippen molar-refractivity contribution in [3.05, 3.63) is 96.1 Å². The van der Waals surface area contributed by atoms with Gasteiger partial charge in [-0.05, 0) is 91.8 Å². The normalized spacial score (nSPS) is 19.5. The van der Waals surface area contributed by atoms with Crippen molar-refractivity contribution in [3.8, 4) is 11.1 Å². The fraction of sp³-hybridized carbons (Fsp3) is 0.273. The van der Waals surface area contributed by atoms with Crippen LogP contribution in [0.15, 0.2) is 94.7 Å². The second kappa shape index (κ2) is 8.01. The van der Waals surface area contributed by atoms with Gasteiger partial charge in [0, 0.05) is 20.9 Å². The molecule has 3 aliphatic rings. The Labute approximate surface area is 230 Å². The Morgan fingerprint density at radius 3 is 2.08 bits per heavy atom. The van der Waals surface area contributed by atoms with E-state index < -0.39 is 7.12 Å². The lowest BCUT2D eigenvalue weighted by Crippen LogP contribution is -2.41. The second-order valence-corrected chi connectivity index (χ2v) is 13.2. The number of anilines is 3. The van der Waals surface area contributed by atoms with Gasteiger partial charge in [0.15, 0.2) is 0 Å². The summed E-state index contributed by atoms with van der Waals surface area (Å²) in [6.07, 6.45) is 0. The number of hydrogen-bond donors (Lipinski definition) is 0. The molecule has 5 heteroatoms. The van der Waals surface area contributed by atoms with Crippen LogP contribution in [0.5, 0.6) is 0 Å². The average Bonchev–Trinajstić information content (AvgIpc) is 3.26. The lowest BCUT2D eigenvalue weighted by molar-refractivity contribution is 0.00578. The van der Waals surface area contributed by atoms with Crippen molar-refractivity contribution in [2.75, 3.05) is 4.90 Å². The van der Waals surface area contributed by atoms with E-state index in [2.05, 4.69) is 131 Å². The van der Waals surface area contributed by atoms with Crippen LogP contribution in [0.1, 0.15) is 52.7 Å². The zero-order valence-corrected chi connectivity index (χ0v) is 23.6. The van der Waals surface area contributed by atoms with Crippen molar-refractivity contribution in [1.82, 2.24) is 0 Å².